The molecule has 0 aromatic heterocycles. The Morgan fingerprint density at radius 1 is 1.33 bits per heavy atom. The lowest BCUT2D eigenvalue weighted by Gasteiger charge is -2.19. The monoisotopic (exact) mass is 291 g/mol. The average molecular weight is 292 g/mol. The lowest BCUT2D eigenvalue weighted by molar-refractivity contribution is 0.171. The molecule has 1 heterocycles. The molecular weight excluding hydrogens is 278 g/mol. The first kappa shape index (κ1) is 13.5. The quantitative estimate of drug-likeness (QED) is 0.851. The largest absolute Gasteiger partial charge is 0.486 e. The van der Waals surface area contributed by atoms with E-state index in [1.54, 1.807) is 13.0 Å². The van der Waals surface area contributed by atoms with Crippen molar-refractivity contribution >= 4 is 21.6 Å². The highest BCUT2D eigenvalue weighted by molar-refractivity contribution is 7.89. The Bertz CT molecular complexity index is 532. The summed E-state index contributed by atoms with van der Waals surface area (Å²) in [6.07, 6.45) is 0. The molecule has 1 aromatic carbocycles. The van der Waals surface area contributed by atoms with E-state index >= 15 is 0 Å². The molecule has 1 atom stereocenters. The van der Waals surface area contributed by atoms with Crippen molar-refractivity contribution in [2.24, 2.45) is 0 Å². The summed E-state index contributed by atoms with van der Waals surface area (Å²) in [5, 5.41) is 0. The summed E-state index contributed by atoms with van der Waals surface area (Å²) in [4.78, 5) is 0.142. The van der Waals surface area contributed by atoms with Crippen LogP contribution in [0.5, 0.6) is 11.5 Å². The third kappa shape index (κ3) is 2.88. The van der Waals surface area contributed by atoms with Crippen LogP contribution in [0.2, 0.25) is 0 Å². The third-order valence-electron chi connectivity index (χ3n) is 2.41. The normalized spacial score (nSPS) is 16.3. The van der Waals surface area contributed by atoms with Crippen molar-refractivity contribution in [3.05, 3.63) is 18.2 Å². The minimum Gasteiger partial charge on any atom is -0.486 e. The standard InChI is InChI=1S/C11H14ClNO4S/c1-8(7-12)13-18(14,15)9-2-3-10-11(6-9)17-5-4-16-10/h2-3,6,8,13H,4-5,7H2,1H3. The maximum Gasteiger partial charge on any atom is 0.240 e. The Labute approximate surface area is 111 Å². The smallest absolute Gasteiger partial charge is 0.240 e. The molecule has 1 aromatic rings. The van der Waals surface area contributed by atoms with Gasteiger partial charge in [-0.2, -0.15) is 0 Å². The first-order chi connectivity index (χ1) is 8.53. The van der Waals surface area contributed by atoms with Gasteiger partial charge in [-0.15, -0.1) is 11.6 Å². The molecule has 0 saturated heterocycles. The van der Waals surface area contributed by atoms with Crippen LogP contribution >= 0.6 is 11.6 Å². The minimum atomic E-state index is -3.58. The number of nitrogens with one attached hydrogen (secondary N) is 1. The van der Waals surface area contributed by atoms with Crippen molar-refractivity contribution in [1.29, 1.82) is 0 Å². The van der Waals surface area contributed by atoms with Crippen LogP contribution in [0.15, 0.2) is 23.1 Å². The van der Waals surface area contributed by atoms with Gasteiger partial charge in [0.1, 0.15) is 13.2 Å². The molecule has 1 aliphatic heterocycles. The maximum absolute atomic E-state index is 12.0. The second kappa shape index (κ2) is 5.34. The van der Waals surface area contributed by atoms with E-state index in [0.717, 1.165) is 0 Å². The highest BCUT2D eigenvalue weighted by Gasteiger charge is 2.20. The van der Waals surface area contributed by atoms with E-state index in [4.69, 9.17) is 21.1 Å². The van der Waals surface area contributed by atoms with E-state index in [2.05, 4.69) is 4.72 Å². The Morgan fingerprint density at radius 2 is 2.00 bits per heavy atom. The van der Waals surface area contributed by atoms with Gasteiger partial charge in [0.25, 0.3) is 0 Å². The molecule has 0 amide bonds. The number of ether oxygens (including phenoxy) is 2. The van der Waals surface area contributed by atoms with Crippen molar-refractivity contribution in [3.63, 3.8) is 0 Å². The van der Waals surface area contributed by atoms with Crippen molar-refractivity contribution in [3.8, 4) is 11.5 Å². The second-order valence-electron chi connectivity index (χ2n) is 3.98. The number of rotatable bonds is 4. The molecule has 0 fully saturated rings. The number of hydrogen-bond acceptors (Lipinski definition) is 4. The summed E-state index contributed by atoms with van der Waals surface area (Å²) in [5.41, 5.74) is 0. The van der Waals surface area contributed by atoms with Gasteiger partial charge in [0.05, 0.1) is 4.90 Å². The zero-order chi connectivity index (χ0) is 13.2. The first-order valence-electron chi connectivity index (χ1n) is 5.51. The van der Waals surface area contributed by atoms with Crippen molar-refractivity contribution in [1.82, 2.24) is 4.72 Å². The van der Waals surface area contributed by atoms with Gasteiger partial charge in [-0.25, -0.2) is 13.1 Å². The van der Waals surface area contributed by atoms with E-state index in [-0.39, 0.29) is 16.8 Å². The Kier molecular flexibility index (Phi) is 3.99. The Morgan fingerprint density at radius 3 is 2.67 bits per heavy atom. The third-order valence-corrected chi connectivity index (χ3v) is 4.46. The summed E-state index contributed by atoms with van der Waals surface area (Å²) >= 11 is 5.59. The zero-order valence-corrected chi connectivity index (χ0v) is 11.4. The van der Waals surface area contributed by atoms with Crippen LogP contribution < -0.4 is 14.2 Å². The zero-order valence-electron chi connectivity index (χ0n) is 9.85. The molecule has 5 nitrogen and oxygen atoms in total. The molecule has 0 spiro atoms. The molecule has 7 heteroatoms. The molecule has 1 unspecified atom stereocenters. The van der Waals surface area contributed by atoms with E-state index < -0.39 is 10.0 Å². The molecule has 1 aliphatic rings. The summed E-state index contributed by atoms with van der Waals surface area (Å²) < 4.78 is 37.2. The second-order valence-corrected chi connectivity index (χ2v) is 6.00. The first-order valence-corrected chi connectivity index (χ1v) is 7.52. The van der Waals surface area contributed by atoms with Crippen LogP contribution in [-0.2, 0) is 10.0 Å². The van der Waals surface area contributed by atoms with Gasteiger partial charge < -0.3 is 9.47 Å². The fourth-order valence-electron chi connectivity index (χ4n) is 1.56. The SMILES string of the molecule is CC(CCl)NS(=O)(=O)c1ccc2c(c1)OCCO2. The van der Waals surface area contributed by atoms with Gasteiger partial charge in [-0.1, -0.05) is 0 Å². The Hall–Kier alpha value is -0.980. The molecule has 100 valence electrons. The molecule has 0 radical (unpaired) electrons. The van der Waals surface area contributed by atoms with Crippen LogP contribution in [0, 0.1) is 0 Å². The summed E-state index contributed by atoms with van der Waals surface area (Å²) in [5.74, 6) is 1.22. The highest BCUT2D eigenvalue weighted by Crippen LogP contribution is 2.32. The molecule has 0 saturated carbocycles. The van der Waals surface area contributed by atoms with Crippen LogP contribution in [-0.4, -0.2) is 33.6 Å². The van der Waals surface area contributed by atoms with E-state index in [1.807, 2.05) is 0 Å². The predicted molar refractivity (Wildman–Crippen MR) is 67.9 cm³/mol. The van der Waals surface area contributed by atoms with Gasteiger partial charge in [0, 0.05) is 18.0 Å². The van der Waals surface area contributed by atoms with Gasteiger partial charge in [-0.05, 0) is 19.1 Å². The highest BCUT2D eigenvalue weighted by atomic mass is 35.5. The summed E-state index contributed by atoms with van der Waals surface area (Å²) in [6.45, 7) is 2.59. The number of benzene rings is 1. The minimum absolute atomic E-state index is 0.142. The lowest BCUT2D eigenvalue weighted by Crippen LogP contribution is -2.33. The molecule has 0 aliphatic carbocycles. The van der Waals surface area contributed by atoms with E-state index in [0.29, 0.717) is 24.7 Å². The van der Waals surface area contributed by atoms with Crippen LogP contribution in [0.3, 0.4) is 0 Å². The van der Waals surface area contributed by atoms with Crippen molar-refractivity contribution in [2.45, 2.75) is 17.9 Å². The molecule has 18 heavy (non-hydrogen) atoms. The molecule has 0 bridgehead atoms. The molecule has 1 N–H and O–H groups in total. The maximum atomic E-state index is 12.0. The topological polar surface area (TPSA) is 64.6 Å². The number of hydrogen-bond donors (Lipinski definition) is 1. The van der Waals surface area contributed by atoms with Gasteiger partial charge in [0.15, 0.2) is 11.5 Å². The van der Waals surface area contributed by atoms with Gasteiger partial charge in [-0.3, -0.25) is 0 Å². The Balaban J connectivity index is 2.28. The number of fused-ring (bicyclic) bond motifs is 1. The van der Waals surface area contributed by atoms with Gasteiger partial charge >= 0.3 is 0 Å². The number of halogens is 1. The van der Waals surface area contributed by atoms with Gasteiger partial charge in [0.2, 0.25) is 10.0 Å². The predicted octanol–water partition coefficient (Wildman–Crippen LogP) is 1.36. The number of alkyl halides is 1. The fraction of sp³-hybridized carbons (Fsp3) is 0.455. The summed E-state index contributed by atoms with van der Waals surface area (Å²) in [7, 11) is -3.58. The number of sulfonamides is 1. The van der Waals surface area contributed by atoms with Crippen molar-refractivity contribution in [2.75, 3.05) is 19.1 Å². The molecular formula is C11H14ClNO4S. The van der Waals surface area contributed by atoms with Crippen LogP contribution in [0.1, 0.15) is 6.92 Å². The fourth-order valence-corrected chi connectivity index (χ4v) is 2.98. The molecule has 2 rings (SSSR count). The van der Waals surface area contributed by atoms with E-state index in [1.165, 1.54) is 12.1 Å². The lowest BCUT2D eigenvalue weighted by atomic mass is 10.3. The van der Waals surface area contributed by atoms with E-state index in [9.17, 15) is 8.42 Å². The average Bonchev–Trinajstić information content (AvgIpc) is 2.37. The summed E-state index contributed by atoms with van der Waals surface area (Å²) in [6, 6.07) is 4.20. The van der Waals surface area contributed by atoms with Crippen LogP contribution in [0.25, 0.3) is 0 Å². The van der Waals surface area contributed by atoms with Crippen molar-refractivity contribution < 1.29 is 17.9 Å². The van der Waals surface area contributed by atoms with Crippen LogP contribution in [0.4, 0.5) is 0 Å².